The first-order valence-electron chi connectivity index (χ1n) is 9.19. The number of ether oxygens (including phenoxy) is 2. The van der Waals surface area contributed by atoms with Crippen molar-refractivity contribution >= 4 is 5.97 Å². The smallest absolute Gasteiger partial charge is 0.338 e. The van der Waals surface area contributed by atoms with Gasteiger partial charge >= 0.3 is 5.97 Å². The van der Waals surface area contributed by atoms with E-state index in [4.69, 9.17) is 9.47 Å². The van der Waals surface area contributed by atoms with E-state index >= 15 is 0 Å². The molecule has 0 heterocycles. The lowest BCUT2D eigenvalue weighted by atomic mass is 9.52. The largest absolute Gasteiger partial charge is 0.493 e. The van der Waals surface area contributed by atoms with Crippen molar-refractivity contribution in [2.24, 2.45) is 29.6 Å². The predicted octanol–water partition coefficient (Wildman–Crippen LogP) is 4.62. The summed E-state index contributed by atoms with van der Waals surface area (Å²) in [4.78, 5) is 11.5. The van der Waals surface area contributed by atoms with Crippen LogP contribution in [-0.2, 0) is 4.79 Å². The second-order valence-corrected chi connectivity index (χ2v) is 8.05. The maximum atomic E-state index is 11.5. The molecule has 4 aliphatic rings. The van der Waals surface area contributed by atoms with E-state index in [0.717, 1.165) is 41.9 Å². The van der Waals surface area contributed by atoms with Crippen molar-refractivity contribution < 1.29 is 14.3 Å². The molecule has 0 spiro atoms. The molecule has 0 radical (unpaired) electrons. The molecule has 1 aromatic rings. The monoisotopic (exact) mass is 326 g/mol. The molecule has 0 N–H and O–H groups in total. The number of esters is 1. The molecule has 3 nitrogen and oxygen atoms in total. The fourth-order valence-electron chi connectivity index (χ4n) is 5.30. The molecule has 4 aliphatic carbocycles. The summed E-state index contributed by atoms with van der Waals surface area (Å²) in [6.07, 6.45) is 7.20. The number of hydrogen-bond donors (Lipinski definition) is 0. The van der Waals surface area contributed by atoms with Gasteiger partial charge < -0.3 is 9.47 Å². The maximum Gasteiger partial charge on any atom is 0.338 e. The van der Waals surface area contributed by atoms with Crippen LogP contribution in [0.25, 0.3) is 0 Å². The lowest BCUT2D eigenvalue weighted by Gasteiger charge is -2.54. The van der Waals surface area contributed by atoms with Crippen LogP contribution in [0.15, 0.2) is 36.4 Å². The molecule has 5 rings (SSSR count). The van der Waals surface area contributed by atoms with Gasteiger partial charge in [0.2, 0.25) is 0 Å². The summed E-state index contributed by atoms with van der Waals surface area (Å²) in [5.74, 6) is 5.52. The van der Waals surface area contributed by atoms with Gasteiger partial charge in [0.15, 0.2) is 0 Å². The van der Waals surface area contributed by atoms with E-state index in [9.17, 15) is 4.79 Å². The second-order valence-electron chi connectivity index (χ2n) is 8.05. The van der Waals surface area contributed by atoms with Gasteiger partial charge in [-0.3, -0.25) is 0 Å². The van der Waals surface area contributed by atoms with Gasteiger partial charge in [-0.15, -0.1) is 0 Å². The predicted molar refractivity (Wildman–Crippen MR) is 92.9 cm³/mol. The first-order chi connectivity index (χ1) is 11.6. The Balaban J connectivity index is 1.33. The molecule has 0 aliphatic heterocycles. The standard InChI is InChI=1S/C21H26O3/c1-13(2)21(22)24-19-5-3-18(4-6-19)23-12-20-16-8-14-7-15(10-16)11-17(20)9-14/h3-6,14-17,20H,1,7-12H2,2H3. The number of benzene rings is 1. The van der Waals surface area contributed by atoms with E-state index in [1.807, 2.05) is 12.1 Å². The number of hydrogen-bond acceptors (Lipinski definition) is 3. The average molecular weight is 326 g/mol. The van der Waals surface area contributed by atoms with E-state index < -0.39 is 5.97 Å². The Morgan fingerprint density at radius 1 is 1.00 bits per heavy atom. The Labute approximate surface area is 144 Å². The van der Waals surface area contributed by atoms with Crippen LogP contribution in [0.2, 0.25) is 0 Å². The number of rotatable bonds is 5. The summed E-state index contributed by atoms with van der Waals surface area (Å²) in [6, 6.07) is 7.34. The van der Waals surface area contributed by atoms with Crippen molar-refractivity contribution in [1.29, 1.82) is 0 Å². The molecule has 24 heavy (non-hydrogen) atoms. The molecular formula is C21H26O3. The molecule has 0 atom stereocenters. The van der Waals surface area contributed by atoms with E-state index in [-0.39, 0.29) is 0 Å². The Morgan fingerprint density at radius 2 is 1.54 bits per heavy atom. The lowest BCUT2D eigenvalue weighted by Crippen LogP contribution is -2.47. The molecular weight excluding hydrogens is 300 g/mol. The Hall–Kier alpha value is -1.77. The van der Waals surface area contributed by atoms with Crippen LogP contribution in [0, 0.1) is 29.6 Å². The van der Waals surface area contributed by atoms with Crippen molar-refractivity contribution in [2.75, 3.05) is 6.61 Å². The van der Waals surface area contributed by atoms with Gasteiger partial charge in [0.25, 0.3) is 0 Å². The quantitative estimate of drug-likeness (QED) is 0.450. The highest BCUT2D eigenvalue weighted by atomic mass is 16.5. The van der Waals surface area contributed by atoms with Crippen molar-refractivity contribution in [3.05, 3.63) is 36.4 Å². The first kappa shape index (κ1) is 15.7. The molecule has 0 saturated heterocycles. The Morgan fingerprint density at radius 3 is 2.08 bits per heavy atom. The number of carbonyl (C=O) groups excluding carboxylic acids is 1. The Bertz CT molecular complexity index is 603. The zero-order valence-electron chi connectivity index (χ0n) is 14.4. The SMILES string of the molecule is C=C(C)C(=O)Oc1ccc(OCC2C3CC4CC(C3)CC2C4)cc1. The minimum Gasteiger partial charge on any atom is -0.493 e. The normalized spacial score (nSPS) is 33.3. The summed E-state index contributed by atoms with van der Waals surface area (Å²) in [7, 11) is 0. The van der Waals surface area contributed by atoms with Gasteiger partial charge in [-0.25, -0.2) is 4.79 Å². The van der Waals surface area contributed by atoms with E-state index in [0.29, 0.717) is 11.3 Å². The van der Waals surface area contributed by atoms with Gasteiger partial charge in [0.05, 0.1) is 6.61 Å². The molecule has 0 aromatic heterocycles. The van der Waals surface area contributed by atoms with Crippen LogP contribution in [0.1, 0.15) is 39.0 Å². The van der Waals surface area contributed by atoms with Gasteiger partial charge in [-0.2, -0.15) is 0 Å². The molecule has 4 saturated carbocycles. The van der Waals surface area contributed by atoms with Crippen LogP contribution in [-0.4, -0.2) is 12.6 Å². The van der Waals surface area contributed by atoms with Crippen LogP contribution < -0.4 is 9.47 Å². The molecule has 128 valence electrons. The van der Waals surface area contributed by atoms with E-state index in [1.54, 1.807) is 19.1 Å². The fourth-order valence-corrected chi connectivity index (χ4v) is 5.30. The van der Waals surface area contributed by atoms with Crippen molar-refractivity contribution in [1.82, 2.24) is 0 Å². The third kappa shape index (κ3) is 3.09. The van der Waals surface area contributed by atoms with E-state index in [2.05, 4.69) is 6.58 Å². The number of carbonyl (C=O) groups is 1. The Kier molecular flexibility index (Phi) is 4.11. The van der Waals surface area contributed by atoms with Crippen molar-refractivity contribution in [2.45, 2.75) is 39.0 Å². The van der Waals surface area contributed by atoms with Gasteiger partial charge in [0.1, 0.15) is 11.5 Å². The minimum atomic E-state index is -0.391. The molecule has 1 aromatic carbocycles. The summed E-state index contributed by atoms with van der Waals surface area (Å²) in [5, 5.41) is 0. The molecule has 4 bridgehead atoms. The van der Waals surface area contributed by atoms with Gasteiger partial charge in [-0.1, -0.05) is 6.58 Å². The maximum absolute atomic E-state index is 11.5. The third-order valence-corrected chi connectivity index (χ3v) is 6.25. The van der Waals surface area contributed by atoms with Gasteiger partial charge in [0, 0.05) is 5.57 Å². The molecule has 3 heteroatoms. The first-order valence-corrected chi connectivity index (χ1v) is 9.19. The molecule has 0 unspecified atom stereocenters. The zero-order valence-corrected chi connectivity index (χ0v) is 14.4. The molecule has 0 amide bonds. The minimum absolute atomic E-state index is 0.391. The van der Waals surface area contributed by atoms with Gasteiger partial charge in [-0.05, 0) is 92.9 Å². The zero-order chi connectivity index (χ0) is 16.7. The summed E-state index contributed by atoms with van der Waals surface area (Å²) >= 11 is 0. The highest BCUT2D eigenvalue weighted by Crippen LogP contribution is 2.56. The average Bonchev–Trinajstić information content (AvgIpc) is 2.55. The van der Waals surface area contributed by atoms with Crippen LogP contribution in [0.3, 0.4) is 0 Å². The fraction of sp³-hybridized carbons (Fsp3) is 0.571. The summed E-state index contributed by atoms with van der Waals surface area (Å²) < 4.78 is 11.3. The topological polar surface area (TPSA) is 35.5 Å². The van der Waals surface area contributed by atoms with E-state index in [1.165, 1.54) is 32.1 Å². The second kappa shape index (κ2) is 6.27. The highest BCUT2D eigenvalue weighted by Gasteiger charge is 2.48. The summed E-state index contributed by atoms with van der Waals surface area (Å²) in [5.41, 5.74) is 0.400. The molecule has 4 fully saturated rings. The lowest BCUT2D eigenvalue weighted by molar-refractivity contribution is -0.130. The van der Waals surface area contributed by atoms with Crippen LogP contribution >= 0.6 is 0 Å². The van der Waals surface area contributed by atoms with Crippen LogP contribution in [0.4, 0.5) is 0 Å². The highest BCUT2D eigenvalue weighted by molar-refractivity contribution is 5.88. The van der Waals surface area contributed by atoms with Crippen molar-refractivity contribution in [3.8, 4) is 11.5 Å². The summed E-state index contributed by atoms with van der Waals surface area (Å²) in [6.45, 7) is 6.06. The van der Waals surface area contributed by atoms with Crippen molar-refractivity contribution in [3.63, 3.8) is 0 Å². The third-order valence-electron chi connectivity index (χ3n) is 6.25. The van der Waals surface area contributed by atoms with Crippen LogP contribution in [0.5, 0.6) is 11.5 Å².